The zero-order valence-electron chi connectivity index (χ0n) is 14.1. The largest absolute Gasteiger partial charge is 0.459 e. The van der Waals surface area contributed by atoms with Gasteiger partial charge in [-0.05, 0) is 36.8 Å². The number of hydrogen-bond donors (Lipinski definition) is 1. The Morgan fingerprint density at radius 3 is 2.52 bits per heavy atom. The molecule has 0 amide bonds. The minimum absolute atomic E-state index is 0.543. The van der Waals surface area contributed by atoms with Crippen molar-refractivity contribution in [3.05, 3.63) is 35.1 Å². The fourth-order valence-corrected chi connectivity index (χ4v) is 2.85. The van der Waals surface area contributed by atoms with Gasteiger partial charge in [0.1, 0.15) is 11.3 Å². The van der Waals surface area contributed by atoms with E-state index in [1.165, 1.54) is 16.5 Å². The molecule has 0 saturated heterocycles. The van der Waals surface area contributed by atoms with Crippen LogP contribution in [-0.2, 0) is 13.0 Å². The molecular formula is C19H29NO. The standard InChI is InChI=1S/C19H29NO/c1-6-14(5)16-9-8-10-17-15(7-2)18(21-19(16)17)12-20-11-13(3)4/h8-10,13-14,20H,6-7,11-12H2,1-5H3. The molecule has 116 valence electrons. The van der Waals surface area contributed by atoms with Gasteiger partial charge in [0, 0.05) is 10.9 Å². The van der Waals surface area contributed by atoms with Crippen molar-refractivity contribution in [2.75, 3.05) is 6.54 Å². The Morgan fingerprint density at radius 1 is 1.14 bits per heavy atom. The third kappa shape index (κ3) is 3.49. The average Bonchev–Trinajstić information content (AvgIpc) is 2.83. The zero-order valence-corrected chi connectivity index (χ0v) is 14.1. The van der Waals surface area contributed by atoms with E-state index >= 15 is 0 Å². The van der Waals surface area contributed by atoms with E-state index in [-0.39, 0.29) is 0 Å². The summed E-state index contributed by atoms with van der Waals surface area (Å²) in [4.78, 5) is 0. The molecule has 1 unspecified atom stereocenters. The number of benzene rings is 1. The van der Waals surface area contributed by atoms with Crippen molar-refractivity contribution in [2.24, 2.45) is 5.92 Å². The molecule has 2 aromatic rings. The van der Waals surface area contributed by atoms with Gasteiger partial charge in [-0.2, -0.15) is 0 Å². The quantitative estimate of drug-likeness (QED) is 0.752. The van der Waals surface area contributed by atoms with Crippen LogP contribution < -0.4 is 5.32 Å². The first-order valence-electron chi connectivity index (χ1n) is 8.32. The minimum atomic E-state index is 0.543. The maximum Gasteiger partial charge on any atom is 0.138 e. The summed E-state index contributed by atoms with van der Waals surface area (Å²) in [5.74, 6) is 2.32. The number of rotatable bonds is 7. The summed E-state index contributed by atoms with van der Waals surface area (Å²) in [6.45, 7) is 13.0. The third-order valence-electron chi connectivity index (χ3n) is 4.27. The summed E-state index contributed by atoms with van der Waals surface area (Å²) in [5, 5.41) is 4.81. The molecule has 0 aliphatic heterocycles. The molecule has 2 nitrogen and oxygen atoms in total. The van der Waals surface area contributed by atoms with Crippen LogP contribution in [0.25, 0.3) is 11.0 Å². The molecule has 1 aromatic carbocycles. The van der Waals surface area contributed by atoms with E-state index in [2.05, 4.69) is 58.1 Å². The Balaban J connectivity index is 2.37. The van der Waals surface area contributed by atoms with Crippen molar-refractivity contribution in [1.29, 1.82) is 0 Å². The number of nitrogens with one attached hydrogen (secondary N) is 1. The molecule has 0 saturated carbocycles. The monoisotopic (exact) mass is 287 g/mol. The van der Waals surface area contributed by atoms with E-state index < -0.39 is 0 Å². The second-order valence-corrected chi connectivity index (χ2v) is 6.42. The highest BCUT2D eigenvalue weighted by atomic mass is 16.3. The Morgan fingerprint density at radius 2 is 1.90 bits per heavy atom. The van der Waals surface area contributed by atoms with Crippen molar-refractivity contribution < 1.29 is 4.42 Å². The van der Waals surface area contributed by atoms with Crippen LogP contribution in [0.15, 0.2) is 22.6 Å². The molecule has 1 N–H and O–H groups in total. The van der Waals surface area contributed by atoms with Crippen LogP contribution in [0.4, 0.5) is 0 Å². The smallest absolute Gasteiger partial charge is 0.138 e. The topological polar surface area (TPSA) is 25.2 Å². The lowest BCUT2D eigenvalue weighted by molar-refractivity contribution is 0.478. The SMILES string of the molecule is CCc1c(CNCC(C)C)oc2c(C(C)CC)cccc12. The Hall–Kier alpha value is -1.28. The molecule has 1 atom stereocenters. The second-order valence-electron chi connectivity index (χ2n) is 6.42. The van der Waals surface area contributed by atoms with Crippen LogP contribution in [0.3, 0.4) is 0 Å². The van der Waals surface area contributed by atoms with Crippen molar-refractivity contribution in [3.8, 4) is 0 Å². The minimum Gasteiger partial charge on any atom is -0.459 e. The molecule has 1 heterocycles. The molecule has 2 rings (SSSR count). The van der Waals surface area contributed by atoms with Gasteiger partial charge >= 0.3 is 0 Å². The lowest BCUT2D eigenvalue weighted by Crippen LogP contribution is -2.19. The van der Waals surface area contributed by atoms with Crippen molar-refractivity contribution in [2.45, 2.75) is 59.9 Å². The molecule has 0 bridgehead atoms. The first-order chi connectivity index (χ1) is 10.1. The van der Waals surface area contributed by atoms with Gasteiger partial charge in [0.15, 0.2) is 0 Å². The van der Waals surface area contributed by atoms with Gasteiger partial charge in [-0.3, -0.25) is 0 Å². The molecule has 2 heteroatoms. The Kier molecular flexibility index (Phi) is 5.46. The summed E-state index contributed by atoms with van der Waals surface area (Å²) in [6.07, 6.45) is 2.16. The molecule has 1 aromatic heterocycles. The van der Waals surface area contributed by atoms with Crippen LogP contribution >= 0.6 is 0 Å². The van der Waals surface area contributed by atoms with E-state index in [1.807, 2.05) is 0 Å². The third-order valence-corrected chi connectivity index (χ3v) is 4.27. The maximum absolute atomic E-state index is 6.26. The van der Waals surface area contributed by atoms with E-state index in [1.54, 1.807) is 0 Å². The number of aryl methyl sites for hydroxylation is 1. The van der Waals surface area contributed by atoms with E-state index in [0.29, 0.717) is 11.8 Å². The van der Waals surface area contributed by atoms with Gasteiger partial charge in [0.25, 0.3) is 0 Å². The summed E-state index contributed by atoms with van der Waals surface area (Å²) in [6, 6.07) is 6.59. The summed E-state index contributed by atoms with van der Waals surface area (Å²) < 4.78 is 6.26. The van der Waals surface area contributed by atoms with Crippen LogP contribution in [0.1, 0.15) is 63.8 Å². The highest BCUT2D eigenvalue weighted by molar-refractivity contribution is 5.85. The van der Waals surface area contributed by atoms with Crippen molar-refractivity contribution >= 4 is 11.0 Å². The summed E-state index contributed by atoms with van der Waals surface area (Å²) in [7, 11) is 0. The summed E-state index contributed by atoms with van der Waals surface area (Å²) in [5.41, 5.74) is 3.82. The fraction of sp³-hybridized carbons (Fsp3) is 0.579. The molecule has 0 aliphatic carbocycles. The maximum atomic E-state index is 6.26. The van der Waals surface area contributed by atoms with Crippen LogP contribution in [0.2, 0.25) is 0 Å². The average molecular weight is 287 g/mol. The normalized spacial score (nSPS) is 13.2. The Bertz CT molecular complexity index is 583. The predicted octanol–water partition coefficient (Wildman–Crippen LogP) is 5.25. The summed E-state index contributed by atoms with van der Waals surface area (Å²) >= 11 is 0. The van der Waals surface area contributed by atoms with Crippen LogP contribution in [-0.4, -0.2) is 6.54 Å². The molecule has 0 fully saturated rings. The second kappa shape index (κ2) is 7.13. The number of para-hydroxylation sites is 1. The first kappa shape index (κ1) is 16.1. The van der Waals surface area contributed by atoms with Gasteiger partial charge in [-0.25, -0.2) is 0 Å². The molecular weight excluding hydrogens is 258 g/mol. The van der Waals surface area contributed by atoms with Gasteiger partial charge in [0.05, 0.1) is 6.54 Å². The van der Waals surface area contributed by atoms with E-state index in [4.69, 9.17) is 4.42 Å². The van der Waals surface area contributed by atoms with Gasteiger partial charge < -0.3 is 9.73 Å². The lowest BCUT2D eigenvalue weighted by Gasteiger charge is -2.09. The number of fused-ring (bicyclic) bond motifs is 1. The first-order valence-corrected chi connectivity index (χ1v) is 8.32. The molecule has 0 aliphatic rings. The van der Waals surface area contributed by atoms with Gasteiger partial charge in [-0.1, -0.05) is 52.8 Å². The Labute approximate surface area is 128 Å². The molecule has 0 radical (unpaired) electrons. The predicted molar refractivity (Wildman–Crippen MR) is 90.8 cm³/mol. The fourth-order valence-electron chi connectivity index (χ4n) is 2.85. The van der Waals surface area contributed by atoms with E-state index in [0.717, 1.165) is 37.3 Å². The highest BCUT2D eigenvalue weighted by Gasteiger charge is 2.17. The van der Waals surface area contributed by atoms with Gasteiger partial charge in [-0.15, -0.1) is 0 Å². The highest BCUT2D eigenvalue weighted by Crippen LogP contribution is 2.33. The van der Waals surface area contributed by atoms with Crippen molar-refractivity contribution in [1.82, 2.24) is 5.32 Å². The van der Waals surface area contributed by atoms with Crippen molar-refractivity contribution in [3.63, 3.8) is 0 Å². The lowest BCUT2D eigenvalue weighted by atomic mass is 9.96. The van der Waals surface area contributed by atoms with Crippen LogP contribution in [0, 0.1) is 5.92 Å². The number of hydrogen-bond acceptors (Lipinski definition) is 2. The van der Waals surface area contributed by atoms with Gasteiger partial charge in [0.2, 0.25) is 0 Å². The van der Waals surface area contributed by atoms with E-state index in [9.17, 15) is 0 Å². The molecule has 0 spiro atoms. The number of furan rings is 1. The molecule has 21 heavy (non-hydrogen) atoms. The zero-order chi connectivity index (χ0) is 15.4. The van der Waals surface area contributed by atoms with Crippen LogP contribution in [0.5, 0.6) is 0 Å².